The van der Waals surface area contributed by atoms with E-state index < -0.39 is 5.41 Å². The van der Waals surface area contributed by atoms with Gasteiger partial charge in [-0.1, -0.05) is 91.0 Å². The number of pyridine rings is 4. The van der Waals surface area contributed by atoms with Gasteiger partial charge in [0.05, 0.1) is 27.5 Å². The maximum atomic E-state index is 4.65. The van der Waals surface area contributed by atoms with Crippen molar-refractivity contribution >= 4 is 43.6 Å². The fourth-order valence-electron chi connectivity index (χ4n) is 9.64. The van der Waals surface area contributed by atoms with Gasteiger partial charge < -0.3 is 9.13 Å². The van der Waals surface area contributed by atoms with E-state index in [-0.39, 0.29) is 0 Å². The normalized spacial score (nSPS) is 13.1. The number of benzene rings is 5. The fourth-order valence-corrected chi connectivity index (χ4v) is 9.64. The molecule has 266 valence electrons. The van der Waals surface area contributed by atoms with Crippen molar-refractivity contribution < 1.29 is 0 Å². The van der Waals surface area contributed by atoms with Crippen LogP contribution < -0.4 is 0 Å². The third kappa shape index (κ3) is 4.41. The van der Waals surface area contributed by atoms with Gasteiger partial charge in [-0.15, -0.1) is 0 Å². The van der Waals surface area contributed by atoms with Gasteiger partial charge in [-0.2, -0.15) is 0 Å². The Kier molecular flexibility index (Phi) is 6.74. The fraction of sp³-hybridized carbons (Fsp3) is 0.0196. The highest BCUT2D eigenvalue weighted by Gasteiger charge is 2.47. The van der Waals surface area contributed by atoms with Crippen molar-refractivity contribution in [1.29, 1.82) is 0 Å². The summed E-state index contributed by atoms with van der Waals surface area (Å²) in [4.78, 5) is 18.1. The van der Waals surface area contributed by atoms with Gasteiger partial charge in [0.15, 0.2) is 0 Å². The zero-order chi connectivity index (χ0) is 37.5. The van der Waals surface area contributed by atoms with E-state index in [9.17, 15) is 0 Å². The van der Waals surface area contributed by atoms with Crippen molar-refractivity contribution in [3.8, 4) is 33.6 Å². The summed E-state index contributed by atoms with van der Waals surface area (Å²) in [6.45, 7) is 0. The Hall–Kier alpha value is -7.70. The van der Waals surface area contributed by atoms with Gasteiger partial charge in [0, 0.05) is 88.1 Å². The van der Waals surface area contributed by atoms with E-state index in [1.807, 2.05) is 61.7 Å². The molecule has 0 fully saturated rings. The lowest BCUT2D eigenvalue weighted by molar-refractivity contribution is 0.758. The molecule has 0 N–H and O–H groups in total. The van der Waals surface area contributed by atoms with E-state index in [1.165, 1.54) is 44.1 Å². The zero-order valence-corrected chi connectivity index (χ0v) is 30.7. The van der Waals surface area contributed by atoms with Crippen LogP contribution in [0.1, 0.15) is 22.3 Å². The summed E-state index contributed by atoms with van der Waals surface area (Å²) in [7, 11) is 0. The van der Waals surface area contributed by atoms with Crippen LogP contribution in [0.25, 0.3) is 77.2 Å². The molecule has 6 aromatic heterocycles. The summed E-state index contributed by atoms with van der Waals surface area (Å²) in [5.74, 6) is 0. The molecule has 0 atom stereocenters. The number of nitrogens with zero attached hydrogens (tertiary/aromatic N) is 6. The largest absolute Gasteiger partial charge is 0.309 e. The van der Waals surface area contributed by atoms with Crippen LogP contribution in [0.2, 0.25) is 0 Å². The van der Waals surface area contributed by atoms with Gasteiger partial charge in [0.1, 0.15) is 0 Å². The second kappa shape index (κ2) is 12.2. The summed E-state index contributed by atoms with van der Waals surface area (Å²) in [6, 6.07) is 52.8. The second-order valence-electron chi connectivity index (χ2n) is 14.7. The number of fused-ring (bicyclic) bond motifs is 10. The van der Waals surface area contributed by atoms with Crippen LogP contribution in [-0.4, -0.2) is 29.1 Å². The topological polar surface area (TPSA) is 61.4 Å². The van der Waals surface area contributed by atoms with Crippen molar-refractivity contribution in [3.63, 3.8) is 0 Å². The molecule has 57 heavy (non-hydrogen) atoms. The van der Waals surface area contributed by atoms with E-state index in [0.29, 0.717) is 0 Å². The van der Waals surface area contributed by atoms with Gasteiger partial charge in [0.2, 0.25) is 0 Å². The highest BCUT2D eigenvalue weighted by Crippen LogP contribution is 2.58. The molecule has 11 aromatic rings. The molecular weight excluding hydrogens is 697 g/mol. The number of rotatable bonds is 5. The van der Waals surface area contributed by atoms with Gasteiger partial charge >= 0.3 is 0 Å². The third-order valence-corrected chi connectivity index (χ3v) is 12.0. The summed E-state index contributed by atoms with van der Waals surface area (Å²) < 4.78 is 4.75. The summed E-state index contributed by atoms with van der Waals surface area (Å²) in [5, 5.41) is 4.64. The molecule has 1 aliphatic rings. The molecule has 0 radical (unpaired) electrons. The molecule has 0 aliphatic heterocycles. The maximum absolute atomic E-state index is 4.65. The Morgan fingerprint density at radius 1 is 0.368 bits per heavy atom. The Balaban J connectivity index is 1.03. The maximum Gasteiger partial charge on any atom is 0.0744 e. The van der Waals surface area contributed by atoms with Crippen molar-refractivity contribution in [2.24, 2.45) is 0 Å². The van der Waals surface area contributed by atoms with E-state index in [2.05, 4.69) is 163 Å². The third-order valence-electron chi connectivity index (χ3n) is 12.0. The van der Waals surface area contributed by atoms with Crippen LogP contribution in [0.3, 0.4) is 0 Å². The van der Waals surface area contributed by atoms with Crippen molar-refractivity contribution in [2.45, 2.75) is 5.41 Å². The Morgan fingerprint density at radius 2 is 0.930 bits per heavy atom. The van der Waals surface area contributed by atoms with E-state index >= 15 is 0 Å². The predicted molar refractivity (Wildman–Crippen MR) is 229 cm³/mol. The lowest BCUT2D eigenvalue weighted by atomic mass is 9.68. The van der Waals surface area contributed by atoms with Gasteiger partial charge in [0.25, 0.3) is 0 Å². The lowest BCUT2D eigenvalue weighted by Gasteiger charge is -2.33. The summed E-state index contributed by atoms with van der Waals surface area (Å²) in [6.07, 6.45) is 15.3. The van der Waals surface area contributed by atoms with Crippen LogP contribution >= 0.6 is 0 Å². The molecule has 0 amide bonds. The lowest BCUT2D eigenvalue weighted by Crippen LogP contribution is -2.28. The van der Waals surface area contributed by atoms with Crippen LogP contribution in [-0.2, 0) is 5.41 Å². The predicted octanol–water partition coefficient (Wildman–Crippen LogP) is 11.5. The molecule has 0 unspecified atom stereocenters. The van der Waals surface area contributed by atoms with Crippen LogP contribution in [0, 0.1) is 0 Å². The molecule has 6 heteroatoms. The zero-order valence-electron chi connectivity index (χ0n) is 30.7. The minimum absolute atomic E-state index is 0.590. The highest BCUT2D eigenvalue weighted by molar-refractivity contribution is 6.16. The molecule has 5 aromatic carbocycles. The average molecular weight is 729 g/mol. The molecule has 6 heterocycles. The molecule has 12 rings (SSSR count). The van der Waals surface area contributed by atoms with Crippen molar-refractivity contribution in [1.82, 2.24) is 29.1 Å². The molecule has 0 saturated heterocycles. The SMILES string of the molecule is c1cncc(C2(c3cccnc3)c3ccccc3-c3c2ccc2c4ccccc4n(-c4ccc(-c5ccc(-n6c7ccncc7c7cnccc76)cc5)cc4)c32)c1. The summed E-state index contributed by atoms with van der Waals surface area (Å²) >= 11 is 0. The first-order chi connectivity index (χ1) is 28.3. The van der Waals surface area contributed by atoms with Crippen LogP contribution in [0.15, 0.2) is 195 Å². The number of hydrogen-bond donors (Lipinski definition) is 0. The van der Waals surface area contributed by atoms with Crippen molar-refractivity contribution in [3.05, 3.63) is 217 Å². The standard InChI is InChI=1S/C51H32N6/c1-3-11-44-41(10-1)49-45(51(44,35-7-5-25-52-29-35)36-8-6-26-53-30-36)22-21-40-39-9-2-4-12-46(39)57(50(40)49)38-19-15-34(16-20-38)33-13-17-37(18-14-33)56-47-23-27-54-31-42(47)43-32-55-28-24-48(43)56/h1-32H. The number of aromatic nitrogens is 6. The first kappa shape index (κ1) is 31.6. The number of para-hydroxylation sites is 1. The Bertz CT molecular complexity index is 3240. The molecular formula is C51H32N6. The monoisotopic (exact) mass is 728 g/mol. The van der Waals surface area contributed by atoms with Gasteiger partial charge in [-0.05, 0) is 93.5 Å². The van der Waals surface area contributed by atoms with Crippen molar-refractivity contribution in [2.75, 3.05) is 0 Å². The average Bonchev–Trinajstić information content (AvgIpc) is 3.92. The smallest absolute Gasteiger partial charge is 0.0744 e. The quantitative estimate of drug-likeness (QED) is 0.177. The first-order valence-corrected chi connectivity index (χ1v) is 19.2. The Morgan fingerprint density at radius 3 is 1.56 bits per heavy atom. The van der Waals surface area contributed by atoms with E-state index in [0.717, 1.165) is 55.4 Å². The molecule has 6 nitrogen and oxygen atoms in total. The van der Waals surface area contributed by atoms with Gasteiger partial charge in [-0.3, -0.25) is 19.9 Å². The van der Waals surface area contributed by atoms with Crippen LogP contribution in [0.4, 0.5) is 0 Å². The minimum atomic E-state index is -0.590. The minimum Gasteiger partial charge on any atom is -0.309 e. The number of hydrogen-bond acceptors (Lipinski definition) is 4. The molecule has 1 aliphatic carbocycles. The Labute approximate surface area is 328 Å². The summed E-state index contributed by atoms with van der Waals surface area (Å²) in [5.41, 5.74) is 15.7. The van der Waals surface area contributed by atoms with E-state index in [1.54, 1.807) is 0 Å². The molecule has 0 spiro atoms. The molecule has 0 bridgehead atoms. The molecule has 0 saturated carbocycles. The second-order valence-corrected chi connectivity index (χ2v) is 14.7. The first-order valence-electron chi connectivity index (χ1n) is 19.2. The van der Waals surface area contributed by atoms with Crippen LogP contribution in [0.5, 0.6) is 0 Å². The highest BCUT2D eigenvalue weighted by atomic mass is 15.0. The van der Waals surface area contributed by atoms with Gasteiger partial charge in [-0.25, -0.2) is 0 Å². The van der Waals surface area contributed by atoms with E-state index in [4.69, 9.17) is 0 Å².